The number of nitrogens with zero attached hydrogens (tertiary/aromatic N) is 1. The summed E-state index contributed by atoms with van der Waals surface area (Å²) in [6.07, 6.45) is 0. The van der Waals surface area contributed by atoms with Gasteiger partial charge in [0.25, 0.3) is 5.91 Å². The van der Waals surface area contributed by atoms with Crippen molar-refractivity contribution in [1.29, 1.82) is 0 Å². The summed E-state index contributed by atoms with van der Waals surface area (Å²) in [6, 6.07) is 12.9. The van der Waals surface area contributed by atoms with Gasteiger partial charge in [0, 0.05) is 17.2 Å². The number of halogens is 1. The van der Waals surface area contributed by atoms with Gasteiger partial charge in [0.05, 0.1) is 19.8 Å². The molecule has 0 atom stereocenters. The minimum Gasteiger partial charge on any atom is -0.493 e. The van der Waals surface area contributed by atoms with Gasteiger partial charge < -0.3 is 14.4 Å². The Hall–Kier alpha value is -2.01. The molecule has 1 amide bonds. The van der Waals surface area contributed by atoms with Gasteiger partial charge in [-0.15, -0.1) is 0 Å². The number of para-hydroxylation sites is 1. The number of carbonyl (C=O) groups is 1. The van der Waals surface area contributed by atoms with Crippen molar-refractivity contribution in [1.82, 2.24) is 0 Å². The highest BCUT2D eigenvalue weighted by Crippen LogP contribution is 2.34. The number of anilines is 1. The molecule has 2 aromatic rings. The second-order valence-electron chi connectivity index (χ2n) is 4.39. The van der Waals surface area contributed by atoms with Crippen molar-refractivity contribution < 1.29 is 14.3 Å². The molecule has 2 rings (SSSR count). The molecule has 0 N–H and O–H groups in total. The van der Waals surface area contributed by atoms with Crippen LogP contribution in [0.25, 0.3) is 0 Å². The lowest BCUT2D eigenvalue weighted by Crippen LogP contribution is -2.26. The van der Waals surface area contributed by atoms with Crippen molar-refractivity contribution >= 4 is 27.5 Å². The number of carbonyl (C=O) groups excluding carboxylic acids is 1. The van der Waals surface area contributed by atoms with Crippen LogP contribution in [-0.4, -0.2) is 27.2 Å². The summed E-state index contributed by atoms with van der Waals surface area (Å²) in [5, 5.41) is 0. The highest BCUT2D eigenvalue weighted by molar-refractivity contribution is 9.10. The molecule has 0 spiro atoms. The molecule has 21 heavy (non-hydrogen) atoms. The highest BCUT2D eigenvalue weighted by Gasteiger charge is 2.19. The van der Waals surface area contributed by atoms with Crippen LogP contribution in [-0.2, 0) is 0 Å². The first kappa shape index (κ1) is 15.4. The van der Waals surface area contributed by atoms with E-state index in [2.05, 4.69) is 15.9 Å². The maximum atomic E-state index is 12.6. The number of benzene rings is 2. The Labute approximate surface area is 132 Å². The van der Waals surface area contributed by atoms with Crippen LogP contribution < -0.4 is 14.4 Å². The van der Waals surface area contributed by atoms with Gasteiger partial charge in [0.1, 0.15) is 0 Å². The van der Waals surface area contributed by atoms with Gasteiger partial charge >= 0.3 is 0 Å². The Morgan fingerprint density at radius 2 is 1.62 bits per heavy atom. The van der Waals surface area contributed by atoms with Crippen molar-refractivity contribution in [2.75, 3.05) is 26.2 Å². The number of ether oxygens (including phenoxy) is 2. The first-order chi connectivity index (χ1) is 10.1. The molecule has 0 aliphatic carbocycles. The first-order valence-electron chi connectivity index (χ1n) is 6.33. The van der Waals surface area contributed by atoms with Gasteiger partial charge in [-0.1, -0.05) is 18.2 Å². The van der Waals surface area contributed by atoms with Crippen molar-refractivity contribution in [2.45, 2.75) is 0 Å². The molecule has 0 aromatic heterocycles. The van der Waals surface area contributed by atoms with E-state index in [1.807, 2.05) is 30.3 Å². The summed E-state index contributed by atoms with van der Waals surface area (Å²) in [5.74, 6) is 0.961. The van der Waals surface area contributed by atoms with Crippen LogP contribution in [0, 0.1) is 0 Å². The second kappa shape index (κ2) is 6.63. The van der Waals surface area contributed by atoms with Crippen LogP contribution in [0.1, 0.15) is 10.4 Å². The fourth-order valence-electron chi connectivity index (χ4n) is 1.97. The standard InChI is InChI=1S/C16H16BrNO3/c1-18(11-7-5-4-6-8-11)16(19)12-9-14(20-2)15(21-3)10-13(12)17/h4-10H,1-3H3. The summed E-state index contributed by atoms with van der Waals surface area (Å²) in [5.41, 5.74) is 1.34. The van der Waals surface area contributed by atoms with Gasteiger partial charge in [-0.25, -0.2) is 0 Å². The van der Waals surface area contributed by atoms with Crippen molar-refractivity contribution in [3.8, 4) is 11.5 Å². The number of hydrogen-bond donors (Lipinski definition) is 0. The lowest BCUT2D eigenvalue weighted by Gasteiger charge is -2.19. The van der Waals surface area contributed by atoms with Gasteiger partial charge in [0.2, 0.25) is 0 Å². The average Bonchev–Trinajstić information content (AvgIpc) is 2.54. The number of amides is 1. The largest absolute Gasteiger partial charge is 0.493 e. The molecule has 2 aromatic carbocycles. The molecule has 5 heteroatoms. The van der Waals surface area contributed by atoms with E-state index in [-0.39, 0.29) is 5.91 Å². The molecule has 4 nitrogen and oxygen atoms in total. The minimum absolute atomic E-state index is 0.131. The molecule has 0 aliphatic rings. The van der Waals surface area contributed by atoms with Crippen LogP contribution in [0.4, 0.5) is 5.69 Å². The van der Waals surface area contributed by atoms with E-state index in [0.29, 0.717) is 21.5 Å². The summed E-state index contributed by atoms with van der Waals surface area (Å²) in [7, 11) is 4.84. The fraction of sp³-hybridized carbons (Fsp3) is 0.188. The Morgan fingerprint density at radius 3 is 2.19 bits per heavy atom. The third-order valence-corrected chi connectivity index (χ3v) is 3.81. The van der Waals surface area contributed by atoms with Gasteiger partial charge in [-0.2, -0.15) is 0 Å². The number of hydrogen-bond acceptors (Lipinski definition) is 3. The molecule has 0 heterocycles. The van der Waals surface area contributed by atoms with Gasteiger partial charge in [-0.3, -0.25) is 4.79 Å². The SMILES string of the molecule is COc1cc(Br)c(C(=O)N(C)c2ccccc2)cc1OC. The predicted octanol–water partition coefficient (Wildman–Crippen LogP) is 3.74. The van der Waals surface area contributed by atoms with Crippen LogP contribution in [0.15, 0.2) is 46.9 Å². The molecule has 0 aliphatic heterocycles. The van der Waals surface area contributed by atoms with Crippen LogP contribution in [0.5, 0.6) is 11.5 Å². The molecule has 0 saturated carbocycles. The zero-order chi connectivity index (χ0) is 15.4. The molecule has 0 fully saturated rings. The van der Waals surface area contributed by atoms with E-state index < -0.39 is 0 Å². The maximum Gasteiger partial charge on any atom is 0.259 e. The second-order valence-corrected chi connectivity index (χ2v) is 5.24. The smallest absolute Gasteiger partial charge is 0.259 e. The Morgan fingerprint density at radius 1 is 1.05 bits per heavy atom. The Kier molecular flexibility index (Phi) is 4.85. The lowest BCUT2D eigenvalue weighted by molar-refractivity contribution is 0.0992. The third kappa shape index (κ3) is 3.19. The lowest BCUT2D eigenvalue weighted by atomic mass is 10.1. The minimum atomic E-state index is -0.131. The highest BCUT2D eigenvalue weighted by atomic mass is 79.9. The monoisotopic (exact) mass is 349 g/mol. The Balaban J connectivity index is 2.39. The van der Waals surface area contributed by atoms with E-state index in [1.165, 1.54) is 0 Å². The zero-order valence-electron chi connectivity index (χ0n) is 12.1. The van der Waals surface area contributed by atoms with Gasteiger partial charge in [-0.05, 0) is 40.2 Å². The maximum absolute atomic E-state index is 12.6. The van der Waals surface area contributed by atoms with E-state index in [0.717, 1.165) is 5.69 Å². The number of rotatable bonds is 4. The van der Waals surface area contributed by atoms with E-state index in [9.17, 15) is 4.79 Å². The summed E-state index contributed by atoms with van der Waals surface area (Å²) in [4.78, 5) is 14.2. The molecule has 110 valence electrons. The van der Waals surface area contributed by atoms with E-state index in [1.54, 1.807) is 38.3 Å². The third-order valence-electron chi connectivity index (χ3n) is 3.15. The topological polar surface area (TPSA) is 38.8 Å². The van der Waals surface area contributed by atoms with E-state index >= 15 is 0 Å². The van der Waals surface area contributed by atoms with E-state index in [4.69, 9.17) is 9.47 Å². The normalized spacial score (nSPS) is 10.1. The predicted molar refractivity (Wildman–Crippen MR) is 86.4 cm³/mol. The fourth-order valence-corrected chi connectivity index (χ4v) is 2.46. The molecular weight excluding hydrogens is 334 g/mol. The molecule has 0 radical (unpaired) electrons. The van der Waals surface area contributed by atoms with Crippen molar-refractivity contribution in [3.63, 3.8) is 0 Å². The van der Waals surface area contributed by atoms with Crippen molar-refractivity contribution in [2.24, 2.45) is 0 Å². The molecular formula is C16H16BrNO3. The van der Waals surface area contributed by atoms with Crippen LogP contribution in [0.2, 0.25) is 0 Å². The average molecular weight is 350 g/mol. The zero-order valence-corrected chi connectivity index (χ0v) is 13.7. The number of methoxy groups -OCH3 is 2. The molecule has 0 saturated heterocycles. The summed E-state index contributed by atoms with van der Waals surface area (Å²) < 4.78 is 11.1. The quantitative estimate of drug-likeness (QED) is 0.843. The van der Waals surface area contributed by atoms with Gasteiger partial charge in [0.15, 0.2) is 11.5 Å². The Bertz CT molecular complexity index is 643. The first-order valence-corrected chi connectivity index (χ1v) is 7.12. The van der Waals surface area contributed by atoms with Crippen molar-refractivity contribution in [3.05, 3.63) is 52.5 Å². The van der Waals surface area contributed by atoms with Crippen LogP contribution >= 0.6 is 15.9 Å². The van der Waals surface area contributed by atoms with Crippen LogP contribution in [0.3, 0.4) is 0 Å². The summed E-state index contributed by atoms with van der Waals surface area (Å²) >= 11 is 3.41. The summed E-state index contributed by atoms with van der Waals surface area (Å²) in [6.45, 7) is 0. The molecule has 0 unspecified atom stereocenters. The molecule has 0 bridgehead atoms.